The Morgan fingerprint density at radius 3 is 2.65 bits per heavy atom. The van der Waals surface area contributed by atoms with Gasteiger partial charge in [-0.1, -0.05) is 6.07 Å². The number of β-lactam (4-membered cyclic amide) rings is 1. The number of aromatic hydroxyl groups is 2. The molecule has 0 saturated carbocycles. The molecule has 1 aromatic rings. The molecule has 2 rings (SSSR count). The summed E-state index contributed by atoms with van der Waals surface area (Å²) in [5, 5.41) is 21.8. The number of benzene rings is 1. The molecule has 1 heterocycles. The molecule has 0 aliphatic carbocycles. The van der Waals surface area contributed by atoms with E-state index in [-0.39, 0.29) is 24.6 Å². The number of imide groups is 1. The lowest BCUT2D eigenvalue weighted by Crippen LogP contribution is -2.65. The van der Waals surface area contributed by atoms with Gasteiger partial charge in [0, 0.05) is 0 Å². The van der Waals surface area contributed by atoms with E-state index in [0.717, 1.165) is 0 Å². The molecule has 0 spiro atoms. The predicted molar refractivity (Wildman–Crippen MR) is 75.5 cm³/mol. The average Bonchev–Trinajstić information content (AvgIpc) is 2.47. The summed E-state index contributed by atoms with van der Waals surface area (Å²) in [5.41, 5.74) is 5.66. The van der Waals surface area contributed by atoms with Gasteiger partial charge in [-0.2, -0.15) is 13.5 Å². The first-order valence-corrected chi connectivity index (χ1v) is 7.67. The maximum Gasteiger partial charge on any atom is 0.363 e. The average molecular weight is 343 g/mol. The lowest BCUT2D eigenvalue weighted by Gasteiger charge is -2.33. The summed E-state index contributed by atoms with van der Waals surface area (Å²) in [6.07, 6.45) is 0. The fourth-order valence-electron chi connectivity index (χ4n) is 1.68. The van der Waals surface area contributed by atoms with Crippen molar-refractivity contribution in [2.75, 3.05) is 6.54 Å². The van der Waals surface area contributed by atoms with Crippen LogP contribution in [0.25, 0.3) is 0 Å². The molecule has 0 bridgehead atoms. The Morgan fingerprint density at radius 1 is 1.39 bits per heavy atom. The number of likely N-dealkylation sites (tertiary alicyclic amines) is 1. The molecular formula is C11H13N5O6S. The third-order valence-electron chi connectivity index (χ3n) is 2.88. The van der Waals surface area contributed by atoms with Gasteiger partial charge in [0.1, 0.15) is 6.04 Å². The van der Waals surface area contributed by atoms with Crippen LogP contribution < -0.4 is 10.5 Å². The van der Waals surface area contributed by atoms with Crippen LogP contribution in [0.4, 0.5) is 4.79 Å². The molecule has 1 fully saturated rings. The molecule has 1 aliphatic rings. The molecule has 1 unspecified atom stereocenters. The number of carbonyl (C=O) groups is 2. The second-order valence-electron chi connectivity index (χ2n) is 4.64. The maximum absolute atomic E-state index is 11.5. The first kappa shape index (κ1) is 16.6. The topological polar surface area (TPSA) is 175 Å². The van der Waals surface area contributed by atoms with E-state index in [4.69, 9.17) is 10.8 Å². The van der Waals surface area contributed by atoms with Crippen LogP contribution in [0.15, 0.2) is 27.8 Å². The molecule has 1 atom stereocenters. The summed E-state index contributed by atoms with van der Waals surface area (Å²) in [6, 6.07) is 1.82. The zero-order valence-electron chi connectivity index (χ0n) is 11.6. The first-order chi connectivity index (χ1) is 10.7. The number of nitrogens with zero attached hydrogens (tertiary/aromatic N) is 3. The molecule has 5 N–H and O–H groups in total. The standard InChI is InChI=1S/C11H13N5O6S/c12-7-5-16(10(7)19)11(20)14-23(21,22)15-13-4-6-1-2-8(17)9(18)3-6/h1-3,7,17-18H,4-5,12H2,(H,14,20). The van der Waals surface area contributed by atoms with Crippen LogP contribution in [0.3, 0.4) is 0 Å². The van der Waals surface area contributed by atoms with Crippen molar-refractivity contribution < 1.29 is 28.2 Å². The Labute approximate surface area is 130 Å². The molecular weight excluding hydrogens is 330 g/mol. The van der Waals surface area contributed by atoms with Crippen LogP contribution in [-0.4, -0.2) is 48.1 Å². The molecule has 11 nitrogen and oxygen atoms in total. The fourth-order valence-corrected chi connectivity index (χ4v) is 2.26. The van der Waals surface area contributed by atoms with Gasteiger partial charge in [-0.05, 0) is 22.2 Å². The zero-order chi connectivity index (χ0) is 17.2. The number of carbonyl (C=O) groups excluding carboxylic acids is 2. The zero-order valence-corrected chi connectivity index (χ0v) is 12.4. The summed E-state index contributed by atoms with van der Waals surface area (Å²) in [6.45, 7) is -0.291. The number of phenols is 2. The van der Waals surface area contributed by atoms with E-state index in [1.54, 1.807) is 4.72 Å². The maximum atomic E-state index is 11.5. The SMILES string of the molecule is NC1CN(C(=O)NS(=O)(=O)N=NCc2ccc(O)c(O)c2)C1=O. The summed E-state index contributed by atoms with van der Waals surface area (Å²) in [4.78, 5) is 23.3. The third-order valence-corrected chi connectivity index (χ3v) is 3.65. The monoisotopic (exact) mass is 343 g/mol. The number of urea groups is 1. The molecule has 1 saturated heterocycles. The largest absolute Gasteiger partial charge is 0.504 e. The van der Waals surface area contributed by atoms with E-state index in [2.05, 4.69) is 9.63 Å². The highest BCUT2D eigenvalue weighted by atomic mass is 32.2. The number of hydrogen-bond acceptors (Lipinski definition) is 8. The van der Waals surface area contributed by atoms with Crippen molar-refractivity contribution in [1.82, 2.24) is 9.62 Å². The number of hydrogen-bond donors (Lipinski definition) is 4. The fraction of sp³-hybridized carbons (Fsp3) is 0.273. The van der Waals surface area contributed by atoms with E-state index in [0.29, 0.717) is 10.5 Å². The highest BCUT2D eigenvalue weighted by molar-refractivity contribution is 7.88. The van der Waals surface area contributed by atoms with Crippen LogP contribution in [-0.2, 0) is 21.5 Å². The van der Waals surface area contributed by atoms with Crippen molar-refractivity contribution in [2.24, 2.45) is 15.4 Å². The number of nitrogens with one attached hydrogen (secondary N) is 1. The minimum atomic E-state index is -4.42. The lowest BCUT2D eigenvalue weighted by atomic mass is 10.1. The molecule has 0 aromatic heterocycles. The van der Waals surface area contributed by atoms with Gasteiger partial charge in [0.25, 0.3) is 0 Å². The predicted octanol–water partition coefficient (Wildman–Crippen LogP) is -0.826. The van der Waals surface area contributed by atoms with Gasteiger partial charge in [0.15, 0.2) is 11.5 Å². The third kappa shape index (κ3) is 3.92. The van der Waals surface area contributed by atoms with Crippen molar-refractivity contribution >= 4 is 22.1 Å². The van der Waals surface area contributed by atoms with E-state index >= 15 is 0 Å². The van der Waals surface area contributed by atoms with Crippen molar-refractivity contribution in [3.8, 4) is 11.5 Å². The van der Waals surface area contributed by atoms with Crippen molar-refractivity contribution in [1.29, 1.82) is 0 Å². The smallest absolute Gasteiger partial charge is 0.363 e. The molecule has 3 amide bonds. The Balaban J connectivity index is 1.93. The van der Waals surface area contributed by atoms with Gasteiger partial charge in [-0.15, -0.1) is 0 Å². The number of phenolic OH excluding ortho intramolecular Hbond substituents is 2. The minimum Gasteiger partial charge on any atom is -0.504 e. The van der Waals surface area contributed by atoms with E-state index < -0.39 is 28.2 Å². The number of amides is 3. The van der Waals surface area contributed by atoms with Gasteiger partial charge in [-0.3, -0.25) is 9.69 Å². The van der Waals surface area contributed by atoms with Gasteiger partial charge in [0.2, 0.25) is 5.91 Å². The molecule has 1 aliphatic heterocycles. The van der Waals surface area contributed by atoms with Crippen LogP contribution in [0.2, 0.25) is 0 Å². The Bertz CT molecular complexity index is 777. The van der Waals surface area contributed by atoms with E-state index in [1.165, 1.54) is 18.2 Å². The quantitative estimate of drug-likeness (QED) is 0.313. The Kier molecular flexibility index (Phi) is 4.47. The minimum absolute atomic E-state index is 0.0793. The molecule has 124 valence electrons. The summed E-state index contributed by atoms with van der Waals surface area (Å²) >= 11 is 0. The second-order valence-corrected chi connectivity index (χ2v) is 5.96. The van der Waals surface area contributed by atoms with Gasteiger partial charge < -0.3 is 15.9 Å². The second kappa shape index (κ2) is 6.18. The van der Waals surface area contributed by atoms with Crippen molar-refractivity contribution in [3.63, 3.8) is 0 Å². The van der Waals surface area contributed by atoms with E-state index in [9.17, 15) is 23.1 Å². The highest BCUT2D eigenvalue weighted by Gasteiger charge is 2.39. The van der Waals surface area contributed by atoms with Crippen molar-refractivity contribution in [3.05, 3.63) is 23.8 Å². The number of rotatable bonds is 4. The lowest BCUT2D eigenvalue weighted by molar-refractivity contribution is -0.137. The van der Waals surface area contributed by atoms with Gasteiger partial charge in [-0.25, -0.2) is 9.52 Å². The van der Waals surface area contributed by atoms with Crippen LogP contribution in [0.5, 0.6) is 11.5 Å². The summed E-state index contributed by atoms with van der Waals surface area (Å²) < 4.78 is 27.6. The molecule has 0 radical (unpaired) electrons. The summed E-state index contributed by atoms with van der Waals surface area (Å²) in [5.74, 6) is -1.40. The summed E-state index contributed by atoms with van der Waals surface area (Å²) in [7, 11) is -4.42. The van der Waals surface area contributed by atoms with E-state index in [1.807, 2.05) is 0 Å². The Morgan fingerprint density at radius 2 is 2.09 bits per heavy atom. The van der Waals surface area contributed by atoms with Gasteiger partial charge in [0.05, 0.1) is 13.1 Å². The highest BCUT2D eigenvalue weighted by Crippen LogP contribution is 2.25. The first-order valence-electron chi connectivity index (χ1n) is 6.23. The van der Waals surface area contributed by atoms with Crippen LogP contribution in [0.1, 0.15) is 5.56 Å². The van der Waals surface area contributed by atoms with Crippen LogP contribution >= 0.6 is 0 Å². The van der Waals surface area contributed by atoms with Crippen molar-refractivity contribution in [2.45, 2.75) is 12.6 Å². The molecule has 1 aromatic carbocycles. The normalized spacial score (nSPS) is 18.0. The molecule has 23 heavy (non-hydrogen) atoms. The molecule has 12 heteroatoms. The Hall–Kier alpha value is -2.73. The van der Waals surface area contributed by atoms with Gasteiger partial charge >= 0.3 is 16.2 Å². The van der Waals surface area contributed by atoms with Crippen LogP contribution in [0, 0.1) is 0 Å². The number of nitrogens with two attached hydrogens (primary N) is 1.